The molecule has 22 heavy (non-hydrogen) atoms. The first-order chi connectivity index (χ1) is 10.6. The van der Waals surface area contributed by atoms with E-state index in [0.29, 0.717) is 5.00 Å². The maximum absolute atomic E-state index is 12.1. The van der Waals surface area contributed by atoms with E-state index < -0.39 is 0 Å². The lowest BCUT2D eigenvalue weighted by atomic mass is 10.2. The average Bonchev–Trinajstić information content (AvgIpc) is 2.99. The first-order valence-corrected chi connectivity index (χ1v) is 7.29. The summed E-state index contributed by atoms with van der Waals surface area (Å²) >= 11 is 1.20. The zero-order valence-corrected chi connectivity index (χ0v) is 12.5. The Labute approximate surface area is 130 Å². The van der Waals surface area contributed by atoms with Gasteiger partial charge in [-0.15, -0.1) is 0 Å². The fraction of sp³-hybridized carbons (Fsp3) is 0.0667. The molecule has 0 saturated heterocycles. The highest BCUT2D eigenvalue weighted by molar-refractivity contribution is 7.10. The molecule has 0 unspecified atom stereocenters. The number of rotatable bonds is 3. The normalized spacial score (nSPS) is 10.4. The van der Waals surface area contributed by atoms with Crippen LogP contribution in [0, 0.1) is 0 Å². The molecule has 3 rings (SSSR count). The Morgan fingerprint density at radius 3 is 2.68 bits per heavy atom. The molecular formula is C15H12N4O2S. The van der Waals surface area contributed by atoms with E-state index in [4.69, 9.17) is 0 Å². The molecule has 6 nitrogen and oxygen atoms in total. The summed E-state index contributed by atoms with van der Waals surface area (Å²) in [6.45, 7) is 0. The first-order valence-electron chi connectivity index (χ1n) is 6.51. The first kappa shape index (κ1) is 14.2. The third-order valence-electron chi connectivity index (χ3n) is 3.01. The Bertz CT molecular complexity index is 871. The van der Waals surface area contributed by atoms with Crippen molar-refractivity contribution in [3.05, 3.63) is 64.6 Å². The van der Waals surface area contributed by atoms with Crippen molar-refractivity contribution < 1.29 is 4.79 Å². The van der Waals surface area contributed by atoms with Crippen LogP contribution >= 0.6 is 11.5 Å². The van der Waals surface area contributed by atoms with Crippen LogP contribution in [0.15, 0.2) is 53.3 Å². The summed E-state index contributed by atoms with van der Waals surface area (Å²) in [4.78, 5) is 23.4. The van der Waals surface area contributed by atoms with Gasteiger partial charge in [0, 0.05) is 24.7 Å². The highest BCUT2D eigenvalue weighted by Crippen LogP contribution is 2.25. The van der Waals surface area contributed by atoms with Gasteiger partial charge in [-0.1, -0.05) is 30.3 Å². The minimum Gasteiger partial charge on any atom is -0.311 e. The lowest BCUT2D eigenvalue weighted by molar-refractivity contribution is 0.102. The van der Waals surface area contributed by atoms with Crippen LogP contribution in [0.5, 0.6) is 0 Å². The molecule has 0 aliphatic heterocycles. The summed E-state index contributed by atoms with van der Waals surface area (Å²) < 4.78 is 5.44. The molecule has 3 aromatic rings. The molecule has 0 bridgehead atoms. The van der Waals surface area contributed by atoms with Gasteiger partial charge in [0.25, 0.3) is 11.5 Å². The molecule has 7 heteroatoms. The molecular weight excluding hydrogens is 300 g/mol. The SMILES string of the molecule is Cn1nc(C(=O)Nc2cc(-c3ccccc3)ns2)ccc1=O. The number of carbonyl (C=O) groups is 1. The van der Waals surface area contributed by atoms with Crippen LogP contribution in [0.2, 0.25) is 0 Å². The van der Waals surface area contributed by atoms with Crippen LogP contribution in [-0.4, -0.2) is 20.1 Å². The Morgan fingerprint density at radius 2 is 1.95 bits per heavy atom. The van der Waals surface area contributed by atoms with Gasteiger partial charge in [0.1, 0.15) is 10.7 Å². The van der Waals surface area contributed by atoms with Gasteiger partial charge in [0.2, 0.25) is 0 Å². The Morgan fingerprint density at radius 1 is 1.18 bits per heavy atom. The maximum Gasteiger partial charge on any atom is 0.276 e. The molecule has 0 aliphatic rings. The van der Waals surface area contributed by atoms with E-state index in [0.717, 1.165) is 15.9 Å². The van der Waals surface area contributed by atoms with Crippen molar-refractivity contribution in [1.82, 2.24) is 14.2 Å². The standard InChI is InChI=1S/C15H12N4O2S/c1-19-14(20)8-7-11(17-19)15(21)16-13-9-12(18-22-13)10-5-3-2-4-6-10/h2-9H,1H3,(H,16,21). The third kappa shape index (κ3) is 2.94. The molecule has 110 valence electrons. The van der Waals surface area contributed by atoms with E-state index in [1.54, 1.807) is 6.07 Å². The topological polar surface area (TPSA) is 76.9 Å². The Hall–Kier alpha value is -2.80. The second-order valence-electron chi connectivity index (χ2n) is 4.58. The summed E-state index contributed by atoms with van der Waals surface area (Å²) in [5, 5.41) is 7.27. The van der Waals surface area contributed by atoms with Crippen molar-refractivity contribution in [3.63, 3.8) is 0 Å². The number of amides is 1. The number of benzene rings is 1. The number of hydrogen-bond acceptors (Lipinski definition) is 5. The van der Waals surface area contributed by atoms with Gasteiger partial charge in [-0.2, -0.15) is 9.47 Å². The highest BCUT2D eigenvalue weighted by Gasteiger charge is 2.11. The van der Waals surface area contributed by atoms with E-state index in [2.05, 4.69) is 14.8 Å². The predicted molar refractivity (Wildman–Crippen MR) is 85.0 cm³/mol. The largest absolute Gasteiger partial charge is 0.311 e. The molecule has 2 heterocycles. The number of hydrogen-bond donors (Lipinski definition) is 1. The summed E-state index contributed by atoms with van der Waals surface area (Å²) in [5.74, 6) is -0.376. The maximum atomic E-state index is 12.1. The highest BCUT2D eigenvalue weighted by atomic mass is 32.1. The van der Waals surface area contributed by atoms with Crippen molar-refractivity contribution in [1.29, 1.82) is 0 Å². The van der Waals surface area contributed by atoms with Gasteiger partial charge in [0.15, 0.2) is 0 Å². The number of aromatic nitrogens is 3. The number of aryl methyl sites for hydroxylation is 1. The lowest BCUT2D eigenvalue weighted by Gasteiger charge is -2.02. The summed E-state index contributed by atoms with van der Waals surface area (Å²) in [6.07, 6.45) is 0. The third-order valence-corrected chi connectivity index (χ3v) is 3.71. The Balaban J connectivity index is 1.79. The zero-order valence-electron chi connectivity index (χ0n) is 11.7. The molecule has 0 aliphatic carbocycles. The van der Waals surface area contributed by atoms with Crippen LogP contribution in [0.25, 0.3) is 11.3 Å². The van der Waals surface area contributed by atoms with Crippen molar-refractivity contribution in [2.45, 2.75) is 0 Å². The van der Waals surface area contributed by atoms with Crippen LogP contribution in [0.3, 0.4) is 0 Å². The summed E-state index contributed by atoms with van der Waals surface area (Å²) in [6, 6.07) is 14.2. The molecule has 2 aromatic heterocycles. The van der Waals surface area contributed by atoms with E-state index >= 15 is 0 Å². The monoisotopic (exact) mass is 312 g/mol. The van der Waals surface area contributed by atoms with Crippen molar-refractivity contribution in [2.24, 2.45) is 7.05 Å². The van der Waals surface area contributed by atoms with Gasteiger partial charge in [-0.25, -0.2) is 4.68 Å². The summed E-state index contributed by atoms with van der Waals surface area (Å²) in [5.41, 5.74) is 1.70. The van der Waals surface area contributed by atoms with Crippen LogP contribution in [0.1, 0.15) is 10.5 Å². The molecule has 0 saturated carbocycles. The second-order valence-corrected chi connectivity index (χ2v) is 5.38. The molecule has 1 N–H and O–H groups in total. The molecule has 1 amide bonds. The minimum absolute atomic E-state index is 0.178. The van der Waals surface area contributed by atoms with Crippen molar-refractivity contribution in [3.8, 4) is 11.3 Å². The molecule has 0 atom stereocenters. The van der Waals surface area contributed by atoms with E-state index in [9.17, 15) is 9.59 Å². The second kappa shape index (κ2) is 5.90. The molecule has 0 radical (unpaired) electrons. The Kier molecular flexibility index (Phi) is 3.80. The van der Waals surface area contributed by atoms with Crippen LogP contribution in [0.4, 0.5) is 5.00 Å². The van der Waals surface area contributed by atoms with Gasteiger partial charge >= 0.3 is 0 Å². The van der Waals surface area contributed by atoms with Crippen molar-refractivity contribution in [2.75, 3.05) is 5.32 Å². The number of nitrogens with zero attached hydrogens (tertiary/aromatic N) is 3. The van der Waals surface area contributed by atoms with E-state index in [-0.39, 0.29) is 17.2 Å². The quantitative estimate of drug-likeness (QED) is 0.804. The number of anilines is 1. The van der Waals surface area contributed by atoms with Gasteiger partial charge in [-0.3, -0.25) is 9.59 Å². The average molecular weight is 312 g/mol. The van der Waals surface area contributed by atoms with E-state index in [1.165, 1.54) is 30.7 Å². The predicted octanol–water partition coefficient (Wildman–Crippen LogP) is 2.16. The van der Waals surface area contributed by atoms with Gasteiger partial charge in [-0.05, 0) is 17.6 Å². The smallest absolute Gasteiger partial charge is 0.276 e. The van der Waals surface area contributed by atoms with Crippen molar-refractivity contribution >= 4 is 22.4 Å². The van der Waals surface area contributed by atoms with Crippen LogP contribution in [-0.2, 0) is 7.05 Å². The molecule has 0 spiro atoms. The van der Waals surface area contributed by atoms with Gasteiger partial charge < -0.3 is 5.32 Å². The fourth-order valence-corrected chi connectivity index (χ4v) is 2.54. The fourth-order valence-electron chi connectivity index (χ4n) is 1.88. The van der Waals surface area contributed by atoms with Crippen LogP contribution < -0.4 is 10.9 Å². The van der Waals surface area contributed by atoms with E-state index in [1.807, 2.05) is 30.3 Å². The molecule has 0 fully saturated rings. The zero-order chi connectivity index (χ0) is 15.5. The van der Waals surface area contributed by atoms with Gasteiger partial charge in [0.05, 0.1) is 5.69 Å². The number of nitrogens with one attached hydrogen (secondary N) is 1. The summed E-state index contributed by atoms with van der Waals surface area (Å²) in [7, 11) is 1.50. The molecule has 1 aromatic carbocycles. The lowest BCUT2D eigenvalue weighted by Crippen LogP contribution is -2.23. The minimum atomic E-state index is -0.376. The number of carbonyl (C=O) groups excluding carboxylic acids is 1.